The number of thioether (sulfide) groups is 1. The van der Waals surface area contributed by atoms with Crippen LogP contribution in [0.15, 0.2) is 52.3 Å². The Hall–Kier alpha value is -2.89. The number of carbonyl (C=O) groups is 3. The maximum absolute atomic E-state index is 12.7. The van der Waals surface area contributed by atoms with Crippen LogP contribution in [0.4, 0.5) is 11.4 Å². The lowest BCUT2D eigenvalue weighted by molar-refractivity contribution is -0.119. The van der Waals surface area contributed by atoms with Gasteiger partial charge in [-0.2, -0.15) is 4.31 Å². The average molecular weight is 490 g/mol. The summed E-state index contributed by atoms with van der Waals surface area (Å²) in [7, 11) is -3.55. The molecule has 1 fully saturated rings. The van der Waals surface area contributed by atoms with Crippen LogP contribution in [-0.2, 0) is 24.3 Å². The highest BCUT2D eigenvalue weighted by Gasteiger charge is 2.25. The predicted octanol–water partition coefficient (Wildman–Crippen LogP) is 2.70. The lowest BCUT2D eigenvalue weighted by Crippen LogP contribution is -2.35. The van der Waals surface area contributed by atoms with Gasteiger partial charge in [0.15, 0.2) is 6.61 Å². The number of benzene rings is 2. The second-order valence-corrected chi connectivity index (χ2v) is 10.6. The van der Waals surface area contributed by atoms with Crippen LogP contribution in [0.2, 0.25) is 0 Å². The number of piperidine rings is 1. The molecule has 2 amide bonds. The zero-order valence-electron chi connectivity index (χ0n) is 17.7. The van der Waals surface area contributed by atoms with Crippen LogP contribution >= 0.6 is 11.8 Å². The molecule has 4 rings (SSSR count). The Balaban J connectivity index is 1.31. The summed E-state index contributed by atoms with van der Waals surface area (Å²) in [5.41, 5.74) is 1.15. The van der Waals surface area contributed by atoms with E-state index in [2.05, 4.69) is 10.6 Å². The molecule has 2 aromatic carbocycles. The molecule has 0 saturated carbocycles. The summed E-state index contributed by atoms with van der Waals surface area (Å²) in [4.78, 5) is 37.0. The van der Waals surface area contributed by atoms with Crippen molar-refractivity contribution in [1.82, 2.24) is 4.31 Å². The molecule has 2 aliphatic heterocycles. The molecule has 33 heavy (non-hydrogen) atoms. The van der Waals surface area contributed by atoms with Crippen LogP contribution in [0, 0.1) is 0 Å². The fourth-order valence-electron chi connectivity index (χ4n) is 3.59. The first kappa shape index (κ1) is 23.3. The maximum Gasteiger partial charge on any atom is 0.338 e. The Morgan fingerprint density at radius 1 is 1.06 bits per heavy atom. The summed E-state index contributed by atoms with van der Waals surface area (Å²) in [6.07, 6.45) is 2.74. The lowest BCUT2D eigenvalue weighted by Gasteiger charge is -2.25. The molecular formula is C22H23N3O6S2. The number of ether oxygens (including phenoxy) is 1. The molecule has 0 bridgehead atoms. The number of amides is 2. The molecule has 0 atom stereocenters. The zero-order valence-corrected chi connectivity index (χ0v) is 19.3. The van der Waals surface area contributed by atoms with Crippen molar-refractivity contribution in [2.45, 2.75) is 29.1 Å². The van der Waals surface area contributed by atoms with E-state index >= 15 is 0 Å². The van der Waals surface area contributed by atoms with Crippen LogP contribution < -0.4 is 10.6 Å². The molecule has 2 heterocycles. The van der Waals surface area contributed by atoms with Gasteiger partial charge in [-0.15, -0.1) is 11.8 Å². The number of nitrogens with one attached hydrogen (secondary N) is 2. The van der Waals surface area contributed by atoms with Gasteiger partial charge < -0.3 is 15.4 Å². The number of sulfonamides is 1. The topological polar surface area (TPSA) is 122 Å². The summed E-state index contributed by atoms with van der Waals surface area (Å²) in [5, 5.41) is 5.27. The van der Waals surface area contributed by atoms with Crippen molar-refractivity contribution in [2.75, 3.05) is 36.1 Å². The van der Waals surface area contributed by atoms with Crippen molar-refractivity contribution in [2.24, 2.45) is 0 Å². The van der Waals surface area contributed by atoms with Gasteiger partial charge in [0.05, 0.1) is 21.9 Å². The Morgan fingerprint density at radius 2 is 1.79 bits per heavy atom. The molecule has 0 radical (unpaired) electrons. The quantitative estimate of drug-likeness (QED) is 0.598. The molecular weight excluding hydrogens is 466 g/mol. The van der Waals surface area contributed by atoms with Crippen molar-refractivity contribution >= 4 is 50.9 Å². The SMILES string of the molecule is O=C(COC(=O)c1ccc2c(c1)NC(=O)CS2)Nc1ccc(S(=O)(=O)N2CCCCC2)cc1. The zero-order chi connectivity index (χ0) is 23.4. The standard InChI is InChI=1S/C22H23N3O6S2/c26-20(13-31-22(28)15-4-9-19-18(12-15)24-21(27)14-32-19)23-16-5-7-17(8-6-16)33(29,30)25-10-2-1-3-11-25/h4-9,12H,1-3,10-11,13-14H2,(H,23,26)(H,24,27). The molecule has 11 heteroatoms. The van der Waals surface area contributed by atoms with E-state index < -0.39 is 28.5 Å². The highest BCUT2D eigenvalue weighted by Crippen LogP contribution is 2.32. The highest BCUT2D eigenvalue weighted by molar-refractivity contribution is 8.00. The summed E-state index contributed by atoms with van der Waals surface area (Å²) < 4.78 is 31.9. The van der Waals surface area contributed by atoms with Crippen LogP contribution in [0.3, 0.4) is 0 Å². The lowest BCUT2D eigenvalue weighted by atomic mass is 10.2. The monoisotopic (exact) mass is 489 g/mol. The second kappa shape index (κ2) is 9.94. The predicted molar refractivity (Wildman–Crippen MR) is 124 cm³/mol. The van der Waals surface area contributed by atoms with Crippen molar-refractivity contribution in [3.05, 3.63) is 48.0 Å². The van der Waals surface area contributed by atoms with E-state index in [0.29, 0.717) is 30.2 Å². The maximum atomic E-state index is 12.7. The van der Waals surface area contributed by atoms with Crippen molar-refractivity contribution in [3.63, 3.8) is 0 Å². The summed E-state index contributed by atoms with van der Waals surface area (Å²) in [6.45, 7) is 0.522. The normalized spacial score (nSPS) is 16.4. The van der Waals surface area contributed by atoms with Gasteiger partial charge in [-0.3, -0.25) is 9.59 Å². The van der Waals surface area contributed by atoms with E-state index in [1.165, 1.54) is 46.4 Å². The molecule has 0 aromatic heterocycles. The Bertz CT molecular complexity index is 1180. The van der Waals surface area contributed by atoms with Gasteiger partial charge in [0.2, 0.25) is 15.9 Å². The third-order valence-electron chi connectivity index (χ3n) is 5.27. The van der Waals surface area contributed by atoms with Crippen molar-refractivity contribution < 1.29 is 27.5 Å². The number of fused-ring (bicyclic) bond motifs is 1. The fraction of sp³-hybridized carbons (Fsp3) is 0.318. The van der Waals surface area contributed by atoms with Gasteiger partial charge in [-0.25, -0.2) is 13.2 Å². The van der Waals surface area contributed by atoms with Gasteiger partial charge in [0.25, 0.3) is 5.91 Å². The Kier molecular flexibility index (Phi) is 7.01. The molecule has 2 N–H and O–H groups in total. The third-order valence-corrected chi connectivity index (χ3v) is 8.26. The molecule has 9 nitrogen and oxygen atoms in total. The fourth-order valence-corrected chi connectivity index (χ4v) is 5.89. The minimum absolute atomic E-state index is 0.146. The number of esters is 1. The number of rotatable bonds is 6. The van der Waals surface area contributed by atoms with Crippen molar-refractivity contribution in [3.8, 4) is 0 Å². The Morgan fingerprint density at radius 3 is 2.52 bits per heavy atom. The first-order valence-electron chi connectivity index (χ1n) is 10.5. The number of nitrogens with zero attached hydrogens (tertiary/aromatic N) is 1. The van der Waals surface area contributed by atoms with E-state index in [1.54, 1.807) is 12.1 Å². The number of anilines is 2. The van der Waals surface area contributed by atoms with Gasteiger partial charge >= 0.3 is 5.97 Å². The number of carbonyl (C=O) groups excluding carboxylic acids is 3. The second-order valence-electron chi connectivity index (χ2n) is 7.66. The van der Waals surface area contributed by atoms with E-state index in [1.807, 2.05) is 0 Å². The largest absolute Gasteiger partial charge is 0.452 e. The first-order chi connectivity index (χ1) is 15.8. The van der Waals surface area contributed by atoms with Crippen LogP contribution in [0.5, 0.6) is 0 Å². The summed E-state index contributed by atoms with van der Waals surface area (Å²) in [5.74, 6) is -1.08. The van der Waals surface area contributed by atoms with E-state index in [9.17, 15) is 22.8 Å². The number of hydrogen-bond acceptors (Lipinski definition) is 7. The number of hydrogen-bond donors (Lipinski definition) is 2. The van der Waals surface area contributed by atoms with Gasteiger partial charge in [-0.05, 0) is 55.3 Å². The molecule has 2 aromatic rings. The van der Waals surface area contributed by atoms with Gasteiger partial charge in [-0.1, -0.05) is 6.42 Å². The third kappa shape index (κ3) is 5.55. The average Bonchev–Trinajstić information content (AvgIpc) is 2.83. The molecule has 2 aliphatic rings. The highest BCUT2D eigenvalue weighted by atomic mass is 32.2. The first-order valence-corrected chi connectivity index (χ1v) is 12.9. The smallest absolute Gasteiger partial charge is 0.338 e. The van der Waals surface area contributed by atoms with Crippen molar-refractivity contribution in [1.29, 1.82) is 0 Å². The Labute approximate surface area is 195 Å². The molecule has 0 spiro atoms. The molecule has 174 valence electrons. The molecule has 0 aliphatic carbocycles. The van der Waals surface area contributed by atoms with E-state index in [-0.39, 0.29) is 16.4 Å². The minimum atomic E-state index is -3.55. The van der Waals surface area contributed by atoms with Crippen LogP contribution in [0.25, 0.3) is 0 Å². The molecule has 0 unspecified atom stereocenters. The minimum Gasteiger partial charge on any atom is -0.452 e. The van der Waals surface area contributed by atoms with E-state index in [4.69, 9.17) is 4.74 Å². The van der Waals surface area contributed by atoms with Gasteiger partial charge in [0.1, 0.15) is 0 Å². The summed E-state index contributed by atoms with van der Waals surface area (Å²) >= 11 is 1.38. The molecule has 1 saturated heterocycles. The van der Waals surface area contributed by atoms with Gasteiger partial charge in [0, 0.05) is 23.7 Å². The van der Waals surface area contributed by atoms with E-state index in [0.717, 1.165) is 24.2 Å². The summed E-state index contributed by atoms with van der Waals surface area (Å²) in [6, 6.07) is 10.7. The van der Waals surface area contributed by atoms with Crippen LogP contribution in [-0.4, -0.2) is 56.0 Å². The van der Waals surface area contributed by atoms with Crippen LogP contribution in [0.1, 0.15) is 29.6 Å².